The Morgan fingerprint density at radius 2 is 2.53 bits per heavy atom. The lowest BCUT2D eigenvalue weighted by molar-refractivity contribution is 0.0731. The molecule has 1 aromatic carbocycles. The minimum Gasteiger partial charge on any atom is -0.382 e. The molecule has 0 spiro atoms. The molecule has 0 saturated carbocycles. The number of morpholine rings is 1. The van der Waals surface area contributed by atoms with Crippen LogP contribution >= 0.6 is 11.3 Å². The van der Waals surface area contributed by atoms with E-state index in [1.54, 1.807) is 11.3 Å². The molecule has 1 aliphatic heterocycles. The number of thiazole rings is 1. The first kappa shape index (κ1) is 12.8. The number of rotatable bonds is 4. The van der Waals surface area contributed by atoms with E-state index in [9.17, 15) is 0 Å². The number of fused-ring (bicyclic) bond motifs is 1. The number of hydrogen-bond acceptors (Lipinski definition) is 5. The number of hydrogen-bond donors (Lipinski definition) is 2. The summed E-state index contributed by atoms with van der Waals surface area (Å²) in [5, 5.41) is 7.04. The van der Waals surface area contributed by atoms with Crippen molar-refractivity contribution in [3.05, 3.63) is 23.7 Å². The van der Waals surface area contributed by atoms with E-state index in [1.807, 2.05) is 5.51 Å². The van der Waals surface area contributed by atoms with Gasteiger partial charge in [-0.15, -0.1) is 11.3 Å². The highest BCUT2D eigenvalue weighted by Crippen LogP contribution is 2.22. The number of ether oxygens (including phenoxy) is 1. The van der Waals surface area contributed by atoms with Crippen LogP contribution in [0.1, 0.15) is 13.3 Å². The lowest BCUT2D eigenvalue weighted by Gasteiger charge is -2.27. The molecule has 2 aromatic rings. The normalized spacial score (nSPS) is 21.4. The minimum atomic E-state index is 0.421. The van der Waals surface area contributed by atoms with Gasteiger partial charge in [0.1, 0.15) is 0 Å². The fourth-order valence-electron chi connectivity index (χ4n) is 2.49. The van der Waals surface area contributed by atoms with Crippen molar-refractivity contribution in [1.29, 1.82) is 0 Å². The van der Waals surface area contributed by atoms with Crippen LogP contribution in [-0.4, -0.2) is 36.8 Å². The van der Waals surface area contributed by atoms with Crippen LogP contribution in [0.3, 0.4) is 0 Å². The van der Waals surface area contributed by atoms with E-state index >= 15 is 0 Å². The van der Waals surface area contributed by atoms with E-state index in [4.69, 9.17) is 4.74 Å². The quantitative estimate of drug-likeness (QED) is 0.901. The lowest BCUT2D eigenvalue weighted by Crippen LogP contribution is -2.43. The minimum absolute atomic E-state index is 0.421. The molecule has 0 radical (unpaired) electrons. The maximum absolute atomic E-state index is 5.48. The Kier molecular flexibility index (Phi) is 3.96. The molecule has 19 heavy (non-hydrogen) atoms. The van der Waals surface area contributed by atoms with E-state index in [1.165, 1.54) is 10.4 Å². The van der Waals surface area contributed by atoms with Gasteiger partial charge in [0.15, 0.2) is 0 Å². The molecular formula is C14H19N3OS. The lowest BCUT2D eigenvalue weighted by atomic mass is 10.1. The van der Waals surface area contributed by atoms with E-state index in [2.05, 4.69) is 40.7 Å². The van der Waals surface area contributed by atoms with Crippen molar-refractivity contribution in [2.24, 2.45) is 0 Å². The maximum atomic E-state index is 5.48. The van der Waals surface area contributed by atoms with Gasteiger partial charge in [0.25, 0.3) is 0 Å². The average molecular weight is 277 g/mol. The molecule has 0 amide bonds. The molecule has 1 aliphatic rings. The van der Waals surface area contributed by atoms with Crippen molar-refractivity contribution in [2.45, 2.75) is 25.4 Å². The first-order chi connectivity index (χ1) is 9.31. The Hall–Kier alpha value is -1.17. The summed E-state index contributed by atoms with van der Waals surface area (Å²) in [5.41, 5.74) is 4.13. The van der Waals surface area contributed by atoms with Crippen molar-refractivity contribution < 1.29 is 4.74 Å². The van der Waals surface area contributed by atoms with E-state index in [0.717, 1.165) is 31.7 Å². The molecule has 3 rings (SSSR count). The molecule has 2 heterocycles. The summed E-state index contributed by atoms with van der Waals surface area (Å²) in [5.74, 6) is 0. The number of nitrogens with one attached hydrogen (secondary N) is 2. The van der Waals surface area contributed by atoms with Crippen molar-refractivity contribution in [2.75, 3.05) is 25.1 Å². The number of benzene rings is 1. The molecule has 0 bridgehead atoms. The van der Waals surface area contributed by atoms with Crippen LogP contribution in [0.4, 0.5) is 5.69 Å². The summed E-state index contributed by atoms with van der Waals surface area (Å²) in [4.78, 5) is 4.30. The van der Waals surface area contributed by atoms with Gasteiger partial charge in [-0.3, -0.25) is 0 Å². The number of nitrogens with zero attached hydrogens (tertiary/aromatic N) is 1. The summed E-state index contributed by atoms with van der Waals surface area (Å²) in [7, 11) is 0. The fourth-order valence-corrected chi connectivity index (χ4v) is 3.20. The molecule has 5 heteroatoms. The number of aromatic nitrogens is 1. The van der Waals surface area contributed by atoms with E-state index in [0.29, 0.717) is 12.1 Å². The van der Waals surface area contributed by atoms with Crippen molar-refractivity contribution >= 4 is 27.2 Å². The molecule has 1 saturated heterocycles. The molecule has 2 atom stereocenters. The Morgan fingerprint density at radius 3 is 3.37 bits per heavy atom. The molecule has 1 aromatic heterocycles. The van der Waals surface area contributed by atoms with Gasteiger partial charge >= 0.3 is 0 Å². The predicted octanol–water partition coefficient (Wildman–Crippen LogP) is 2.48. The molecule has 0 aliphatic carbocycles. The Bertz CT molecular complexity index is 536. The predicted molar refractivity (Wildman–Crippen MR) is 79.9 cm³/mol. The second kappa shape index (κ2) is 5.86. The molecule has 102 valence electrons. The van der Waals surface area contributed by atoms with Gasteiger partial charge in [-0.2, -0.15) is 0 Å². The van der Waals surface area contributed by atoms with Gasteiger partial charge in [0.05, 0.1) is 28.9 Å². The molecule has 2 unspecified atom stereocenters. The van der Waals surface area contributed by atoms with Gasteiger partial charge in [-0.25, -0.2) is 4.98 Å². The first-order valence-corrected chi connectivity index (χ1v) is 7.60. The monoisotopic (exact) mass is 277 g/mol. The second-order valence-corrected chi connectivity index (χ2v) is 5.93. The van der Waals surface area contributed by atoms with Gasteiger partial charge in [-0.1, -0.05) is 0 Å². The molecular weight excluding hydrogens is 258 g/mol. The fraction of sp³-hybridized carbons (Fsp3) is 0.500. The second-order valence-electron chi connectivity index (χ2n) is 5.04. The Balaban J connectivity index is 1.59. The Labute approximate surface area is 117 Å². The average Bonchev–Trinajstić information content (AvgIpc) is 2.87. The third-order valence-electron chi connectivity index (χ3n) is 3.38. The highest BCUT2D eigenvalue weighted by molar-refractivity contribution is 7.16. The Morgan fingerprint density at radius 1 is 1.58 bits per heavy atom. The summed E-state index contributed by atoms with van der Waals surface area (Å²) >= 11 is 1.68. The largest absolute Gasteiger partial charge is 0.382 e. The summed E-state index contributed by atoms with van der Waals surface area (Å²) in [6.45, 7) is 4.83. The SMILES string of the molecule is CC(CC1COCCN1)Nc1ccc2ncsc2c1. The maximum Gasteiger partial charge on any atom is 0.0813 e. The van der Waals surface area contributed by atoms with Crippen LogP contribution in [0.15, 0.2) is 23.7 Å². The van der Waals surface area contributed by atoms with Crippen LogP contribution in [0.5, 0.6) is 0 Å². The highest BCUT2D eigenvalue weighted by Gasteiger charge is 2.16. The topological polar surface area (TPSA) is 46.2 Å². The van der Waals surface area contributed by atoms with Crippen LogP contribution in [0, 0.1) is 0 Å². The zero-order valence-corrected chi connectivity index (χ0v) is 11.9. The van der Waals surface area contributed by atoms with Gasteiger partial charge in [0, 0.05) is 24.3 Å². The van der Waals surface area contributed by atoms with E-state index in [-0.39, 0.29) is 0 Å². The summed E-state index contributed by atoms with van der Waals surface area (Å²) in [6, 6.07) is 7.23. The summed E-state index contributed by atoms with van der Waals surface area (Å²) in [6.07, 6.45) is 1.07. The van der Waals surface area contributed by atoms with Crippen molar-refractivity contribution in [3.63, 3.8) is 0 Å². The van der Waals surface area contributed by atoms with Crippen LogP contribution in [0.25, 0.3) is 10.2 Å². The smallest absolute Gasteiger partial charge is 0.0813 e. The van der Waals surface area contributed by atoms with Crippen LogP contribution in [-0.2, 0) is 4.74 Å². The van der Waals surface area contributed by atoms with E-state index < -0.39 is 0 Å². The number of anilines is 1. The third kappa shape index (κ3) is 3.23. The van der Waals surface area contributed by atoms with Crippen LogP contribution in [0.2, 0.25) is 0 Å². The van der Waals surface area contributed by atoms with Crippen molar-refractivity contribution in [3.8, 4) is 0 Å². The first-order valence-electron chi connectivity index (χ1n) is 6.72. The molecule has 2 N–H and O–H groups in total. The zero-order chi connectivity index (χ0) is 13.1. The molecule has 1 fully saturated rings. The van der Waals surface area contributed by atoms with Crippen molar-refractivity contribution in [1.82, 2.24) is 10.3 Å². The summed E-state index contributed by atoms with van der Waals surface area (Å²) < 4.78 is 6.72. The zero-order valence-electron chi connectivity index (χ0n) is 11.1. The van der Waals surface area contributed by atoms with Gasteiger partial charge in [0.2, 0.25) is 0 Å². The van der Waals surface area contributed by atoms with Gasteiger partial charge < -0.3 is 15.4 Å². The molecule has 4 nitrogen and oxygen atoms in total. The third-order valence-corrected chi connectivity index (χ3v) is 4.17. The standard InChI is InChI=1S/C14H19N3OS/c1-10(6-12-8-18-5-4-15-12)17-11-2-3-13-14(7-11)19-9-16-13/h2-3,7,9-10,12,15,17H,4-6,8H2,1H3. The van der Waals surface area contributed by atoms with Gasteiger partial charge in [-0.05, 0) is 31.5 Å². The van der Waals surface area contributed by atoms with Crippen LogP contribution < -0.4 is 10.6 Å². The highest BCUT2D eigenvalue weighted by atomic mass is 32.1.